The molecule has 0 spiro atoms. The van der Waals surface area contributed by atoms with Crippen LogP contribution in [0.1, 0.15) is 13.3 Å². The van der Waals surface area contributed by atoms with E-state index in [-0.39, 0.29) is 16.7 Å². The van der Waals surface area contributed by atoms with Gasteiger partial charge < -0.3 is 5.11 Å². The van der Waals surface area contributed by atoms with Gasteiger partial charge in [0.2, 0.25) is 10.0 Å². The molecule has 0 aliphatic carbocycles. The molecular weight excluding hydrogens is 270 g/mol. The van der Waals surface area contributed by atoms with Gasteiger partial charge in [0, 0.05) is 13.1 Å². The van der Waals surface area contributed by atoms with E-state index in [0.29, 0.717) is 0 Å². The average molecular weight is 289 g/mol. The molecule has 0 heterocycles. The number of para-hydroxylation sites is 1. The van der Waals surface area contributed by atoms with Gasteiger partial charge in [-0.3, -0.25) is 0 Å². The molecule has 0 saturated carbocycles. The van der Waals surface area contributed by atoms with E-state index >= 15 is 0 Å². The lowest BCUT2D eigenvalue weighted by atomic mass is 10.3. The first kappa shape index (κ1) is 15.3. The van der Waals surface area contributed by atoms with Gasteiger partial charge in [-0.2, -0.15) is 16.1 Å². The topological polar surface area (TPSA) is 57.6 Å². The van der Waals surface area contributed by atoms with Crippen molar-refractivity contribution in [2.45, 2.75) is 24.3 Å². The summed E-state index contributed by atoms with van der Waals surface area (Å²) in [5.41, 5.74) is 0. The highest BCUT2D eigenvalue weighted by Gasteiger charge is 2.27. The lowest BCUT2D eigenvalue weighted by Gasteiger charge is -2.24. The van der Waals surface area contributed by atoms with Gasteiger partial charge in [0.1, 0.15) is 10.6 Å². The molecule has 4 nitrogen and oxygen atoms in total. The summed E-state index contributed by atoms with van der Waals surface area (Å²) in [6.45, 7) is 1.87. The molecule has 0 aliphatic rings. The third-order valence-corrected chi connectivity index (χ3v) is 5.55. The average Bonchev–Trinajstić information content (AvgIpc) is 2.35. The summed E-state index contributed by atoms with van der Waals surface area (Å²) in [4.78, 5) is -0.0384. The van der Waals surface area contributed by atoms with Crippen molar-refractivity contribution in [3.8, 4) is 5.75 Å². The highest BCUT2D eigenvalue weighted by atomic mass is 32.2. The Morgan fingerprint density at radius 1 is 1.39 bits per heavy atom. The van der Waals surface area contributed by atoms with E-state index < -0.39 is 10.0 Å². The highest BCUT2D eigenvalue weighted by molar-refractivity contribution is 7.98. The van der Waals surface area contributed by atoms with Gasteiger partial charge in [-0.05, 0) is 37.5 Å². The van der Waals surface area contributed by atoms with Gasteiger partial charge >= 0.3 is 0 Å². The minimum absolute atomic E-state index is 0.0384. The van der Waals surface area contributed by atoms with Crippen LogP contribution < -0.4 is 0 Å². The van der Waals surface area contributed by atoms with Gasteiger partial charge in [0.05, 0.1) is 0 Å². The van der Waals surface area contributed by atoms with E-state index in [1.807, 2.05) is 13.2 Å². The molecule has 0 amide bonds. The molecular formula is C12H19NO3S2. The Hall–Kier alpha value is -0.720. The number of benzene rings is 1. The predicted molar refractivity (Wildman–Crippen MR) is 75.5 cm³/mol. The minimum Gasteiger partial charge on any atom is -0.507 e. The summed E-state index contributed by atoms with van der Waals surface area (Å²) in [5, 5.41) is 9.64. The lowest BCUT2D eigenvalue weighted by Crippen LogP contribution is -2.35. The molecule has 0 saturated heterocycles. The summed E-state index contributed by atoms with van der Waals surface area (Å²) < 4.78 is 26.0. The Labute approximate surface area is 113 Å². The molecule has 0 radical (unpaired) electrons. The first-order chi connectivity index (χ1) is 8.41. The number of rotatable bonds is 6. The van der Waals surface area contributed by atoms with Crippen LogP contribution in [0.25, 0.3) is 0 Å². The monoisotopic (exact) mass is 289 g/mol. The van der Waals surface area contributed by atoms with Crippen molar-refractivity contribution in [3.05, 3.63) is 24.3 Å². The second-order valence-electron chi connectivity index (χ2n) is 4.12. The number of hydrogen-bond donors (Lipinski definition) is 1. The van der Waals surface area contributed by atoms with Crippen LogP contribution >= 0.6 is 11.8 Å². The SMILES string of the molecule is CSCCC(C)N(C)S(=O)(=O)c1ccccc1O. The molecule has 6 heteroatoms. The van der Waals surface area contributed by atoms with Crippen LogP contribution in [0, 0.1) is 0 Å². The number of phenols is 1. The molecule has 1 aromatic carbocycles. The van der Waals surface area contributed by atoms with Crippen LogP contribution in [0.15, 0.2) is 29.2 Å². The van der Waals surface area contributed by atoms with Crippen molar-refractivity contribution >= 4 is 21.8 Å². The zero-order chi connectivity index (χ0) is 13.8. The molecule has 0 bridgehead atoms. The predicted octanol–water partition coefficient (Wildman–Crippen LogP) is 2.15. The molecule has 0 aromatic heterocycles. The smallest absolute Gasteiger partial charge is 0.246 e. The molecule has 1 atom stereocenters. The van der Waals surface area contributed by atoms with Crippen molar-refractivity contribution in [3.63, 3.8) is 0 Å². The third kappa shape index (κ3) is 3.40. The van der Waals surface area contributed by atoms with Crippen LogP contribution in [-0.2, 0) is 10.0 Å². The number of sulfonamides is 1. The second-order valence-corrected chi connectivity index (χ2v) is 7.07. The Morgan fingerprint density at radius 2 is 2.00 bits per heavy atom. The number of aromatic hydroxyl groups is 1. The molecule has 1 rings (SSSR count). The van der Waals surface area contributed by atoms with Crippen molar-refractivity contribution in [1.29, 1.82) is 0 Å². The molecule has 18 heavy (non-hydrogen) atoms. The number of thioether (sulfide) groups is 1. The van der Waals surface area contributed by atoms with Crippen LogP contribution in [-0.4, -0.2) is 42.9 Å². The van der Waals surface area contributed by atoms with Crippen molar-refractivity contribution in [1.82, 2.24) is 4.31 Å². The largest absolute Gasteiger partial charge is 0.507 e. The maximum atomic E-state index is 12.3. The third-order valence-electron chi connectivity index (χ3n) is 2.88. The molecule has 102 valence electrons. The van der Waals surface area contributed by atoms with E-state index in [2.05, 4.69) is 0 Å². The maximum Gasteiger partial charge on any atom is 0.246 e. The first-order valence-corrected chi connectivity index (χ1v) is 8.49. The zero-order valence-corrected chi connectivity index (χ0v) is 12.5. The van der Waals surface area contributed by atoms with Crippen molar-refractivity contribution in [2.24, 2.45) is 0 Å². The summed E-state index contributed by atoms with van der Waals surface area (Å²) in [6.07, 6.45) is 2.77. The molecule has 0 aliphatic heterocycles. The number of nitrogens with zero attached hydrogens (tertiary/aromatic N) is 1. The van der Waals surface area contributed by atoms with E-state index in [9.17, 15) is 13.5 Å². The van der Waals surface area contributed by atoms with Crippen molar-refractivity contribution < 1.29 is 13.5 Å². The Balaban J connectivity index is 2.97. The van der Waals surface area contributed by atoms with Gasteiger partial charge in [0.15, 0.2) is 0 Å². The van der Waals surface area contributed by atoms with Gasteiger partial charge in [-0.25, -0.2) is 8.42 Å². The quantitative estimate of drug-likeness (QED) is 0.872. The first-order valence-electron chi connectivity index (χ1n) is 5.66. The van der Waals surface area contributed by atoms with E-state index in [4.69, 9.17) is 0 Å². The summed E-state index contributed by atoms with van der Waals surface area (Å²) >= 11 is 1.69. The molecule has 1 aromatic rings. The van der Waals surface area contributed by atoms with Gasteiger partial charge in [-0.1, -0.05) is 12.1 Å². The number of phenolic OH excluding ortho intramolecular Hbond substituents is 1. The van der Waals surface area contributed by atoms with Gasteiger partial charge in [-0.15, -0.1) is 0 Å². The minimum atomic E-state index is -3.63. The molecule has 1 unspecified atom stereocenters. The summed E-state index contributed by atoms with van der Waals surface area (Å²) in [6, 6.07) is 5.91. The molecule has 1 N–H and O–H groups in total. The number of hydrogen-bond acceptors (Lipinski definition) is 4. The van der Waals surface area contributed by atoms with Crippen LogP contribution in [0.2, 0.25) is 0 Å². The lowest BCUT2D eigenvalue weighted by molar-refractivity contribution is 0.378. The van der Waals surface area contributed by atoms with Crippen LogP contribution in [0.3, 0.4) is 0 Å². The van der Waals surface area contributed by atoms with Gasteiger partial charge in [0.25, 0.3) is 0 Å². The summed E-state index contributed by atoms with van der Waals surface area (Å²) in [5.74, 6) is 0.698. The fourth-order valence-electron chi connectivity index (χ4n) is 1.54. The van der Waals surface area contributed by atoms with E-state index in [1.54, 1.807) is 30.9 Å². The summed E-state index contributed by atoms with van der Waals surface area (Å²) in [7, 11) is -2.08. The zero-order valence-electron chi connectivity index (χ0n) is 10.8. The Bertz CT molecular complexity index is 488. The fraction of sp³-hybridized carbons (Fsp3) is 0.500. The Kier molecular flexibility index (Phi) is 5.49. The normalized spacial score (nSPS) is 13.8. The van der Waals surface area contributed by atoms with Crippen LogP contribution in [0.4, 0.5) is 0 Å². The van der Waals surface area contributed by atoms with Crippen LogP contribution in [0.5, 0.6) is 5.75 Å². The highest BCUT2D eigenvalue weighted by Crippen LogP contribution is 2.26. The standard InChI is InChI=1S/C12H19NO3S2/c1-10(8-9-17-3)13(2)18(15,16)12-7-5-4-6-11(12)14/h4-7,10,14H,8-9H2,1-3H3. The molecule has 0 fully saturated rings. The van der Waals surface area contributed by atoms with Crippen molar-refractivity contribution in [2.75, 3.05) is 19.1 Å². The second kappa shape index (κ2) is 6.45. The fourth-order valence-corrected chi connectivity index (χ4v) is 3.59. The van der Waals surface area contributed by atoms with E-state index in [1.165, 1.54) is 16.4 Å². The van der Waals surface area contributed by atoms with E-state index in [0.717, 1.165) is 12.2 Å². The maximum absolute atomic E-state index is 12.3. The Morgan fingerprint density at radius 3 is 2.56 bits per heavy atom.